The van der Waals surface area contributed by atoms with Gasteiger partial charge in [-0.2, -0.15) is 0 Å². The molecule has 1 saturated heterocycles. The Morgan fingerprint density at radius 2 is 2.47 bits per heavy atom. The molecule has 0 spiro atoms. The Morgan fingerprint density at radius 3 is 3.16 bits per heavy atom. The number of amides is 1. The van der Waals surface area contributed by atoms with Gasteiger partial charge in [-0.3, -0.25) is 9.78 Å². The number of nitrogens with two attached hydrogens (primary N) is 1. The molecule has 1 fully saturated rings. The predicted octanol–water partition coefficient (Wildman–Crippen LogP) is 1.79. The van der Waals surface area contributed by atoms with Gasteiger partial charge in [-0.05, 0) is 19.4 Å². The molecule has 0 aromatic carbocycles. The molecule has 1 unspecified atom stereocenters. The van der Waals surface area contributed by atoms with Crippen LogP contribution in [0, 0.1) is 0 Å². The van der Waals surface area contributed by atoms with E-state index in [0.29, 0.717) is 23.8 Å². The standard InChI is InChI=1S/C13H15N3O2S/c1-13(3-5-18-7-13)16-12(17)11-10(14)8-2-4-15-6-9(8)19-11/h2,4,6H,3,5,7,14H2,1H3,(H,16,17). The Morgan fingerprint density at radius 1 is 1.63 bits per heavy atom. The van der Waals surface area contributed by atoms with Crippen LogP contribution in [0.1, 0.15) is 23.0 Å². The van der Waals surface area contributed by atoms with Crippen molar-refractivity contribution in [1.29, 1.82) is 0 Å². The largest absolute Gasteiger partial charge is 0.397 e. The van der Waals surface area contributed by atoms with E-state index in [1.807, 2.05) is 13.0 Å². The van der Waals surface area contributed by atoms with Crippen LogP contribution in [0.5, 0.6) is 0 Å². The lowest BCUT2D eigenvalue weighted by molar-refractivity contribution is 0.0895. The van der Waals surface area contributed by atoms with Gasteiger partial charge in [0.1, 0.15) is 4.88 Å². The number of pyridine rings is 1. The van der Waals surface area contributed by atoms with Gasteiger partial charge in [0.25, 0.3) is 5.91 Å². The number of hydrogen-bond donors (Lipinski definition) is 2. The molecule has 2 aromatic rings. The minimum absolute atomic E-state index is 0.133. The van der Waals surface area contributed by atoms with Crippen LogP contribution >= 0.6 is 11.3 Å². The fourth-order valence-electron chi connectivity index (χ4n) is 2.24. The zero-order valence-corrected chi connectivity index (χ0v) is 11.4. The van der Waals surface area contributed by atoms with Crippen molar-refractivity contribution < 1.29 is 9.53 Å². The number of carbonyl (C=O) groups is 1. The second-order valence-corrected chi connectivity index (χ2v) is 6.09. The fourth-order valence-corrected chi connectivity index (χ4v) is 3.22. The first-order chi connectivity index (χ1) is 9.09. The molecule has 1 atom stereocenters. The first-order valence-corrected chi connectivity index (χ1v) is 6.93. The Labute approximate surface area is 114 Å². The monoisotopic (exact) mass is 277 g/mol. The number of anilines is 1. The van der Waals surface area contributed by atoms with Crippen LogP contribution in [0.25, 0.3) is 10.1 Å². The first-order valence-electron chi connectivity index (χ1n) is 6.11. The maximum Gasteiger partial charge on any atom is 0.264 e. The van der Waals surface area contributed by atoms with Crippen LogP contribution in [0.3, 0.4) is 0 Å². The number of rotatable bonds is 2. The summed E-state index contributed by atoms with van der Waals surface area (Å²) in [4.78, 5) is 16.9. The lowest BCUT2D eigenvalue weighted by Gasteiger charge is -2.23. The maximum absolute atomic E-state index is 12.3. The smallest absolute Gasteiger partial charge is 0.264 e. The van der Waals surface area contributed by atoms with Gasteiger partial charge >= 0.3 is 0 Å². The highest BCUT2D eigenvalue weighted by Gasteiger charge is 2.32. The van der Waals surface area contributed by atoms with E-state index in [-0.39, 0.29) is 11.4 Å². The number of thiophene rings is 1. The molecule has 6 heteroatoms. The molecular formula is C13H15N3O2S. The lowest BCUT2D eigenvalue weighted by atomic mass is 10.0. The zero-order chi connectivity index (χ0) is 13.5. The normalized spacial score (nSPS) is 22.8. The summed E-state index contributed by atoms with van der Waals surface area (Å²) >= 11 is 1.37. The Bertz CT molecular complexity index is 632. The number of nitrogens with one attached hydrogen (secondary N) is 1. The molecule has 1 aliphatic rings. The molecule has 3 rings (SSSR count). The van der Waals surface area contributed by atoms with Crippen molar-refractivity contribution in [3.8, 4) is 0 Å². The molecule has 0 radical (unpaired) electrons. The van der Waals surface area contributed by atoms with E-state index in [2.05, 4.69) is 10.3 Å². The van der Waals surface area contributed by atoms with Gasteiger partial charge in [-0.1, -0.05) is 0 Å². The van der Waals surface area contributed by atoms with E-state index in [0.717, 1.165) is 16.5 Å². The van der Waals surface area contributed by atoms with Crippen molar-refractivity contribution in [3.63, 3.8) is 0 Å². The van der Waals surface area contributed by atoms with Gasteiger partial charge in [-0.15, -0.1) is 11.3 Å². The van der Waals surface area contributed by atoms with Crippen LogP contribution in [0.4, 0.5) is 5.69 Å². The van der Waals surface area contributed by atoms with Crippen molar-refractivity contribution in [2.75, 3.05) is 18.9 Å². The molecule has 3 N–H and O–H groups in total. The van der Waals surface area contributed by atoms with E-state index in [9.17, 15) is 4.79 Å². The second-order valence-electron chi connectivity index (χ2n) is 5.03. The molecule has 1 amide bonds. The van der Waals surface area contributed by atoms with Crippen molar-refractivity contribution in [2.45, 2.75) is 18.9 Å². The zero-order valence-electron chi connectivity index (χ0n) is 10.6. The lowest BCUT2D eigenvalue weighted by Crippen LogP contribution is -2.46. The summed E-state index contributed by atoms with van der Waals surface area (Å²) in [5.41, 5.74) is 6.28. The van der Waals surface area contributed by atoms with E-state index in [1.165, 1.54) is 11.3 Å². The van der Waals surface area contributed by atoms with Gasteiger partial charge in [0.05, 0.1) is 22.5 Å². The minimum atomic E-state index is -0.294. The number of nitrogen functional groups attached to an aromatic ring is 1. The molecule has 5 nitrogen and oxygen atoms in total. The van der Waals surface area contributed by atoms with E-state index >= 15 is 0 Å². The predicted molar refractivity (Wildman–Crippen MR) is 75.3 cm³/mol. The number of aromatic nitrogens is 1. The summed E-state index contributed by atoms with van der Waals surface area (Å²) in [6.45, 7) is 3.22. The van der Waals surface area contributed by atoms with Gasteiger partial charge in [0, 0.05) is 24.4 Å². The highest BCUT2D eigenvalue weighted by atomic mass is 32.1. The average molecular weight is 277 g/mol. The van der Waals surface area contributed by atoms with Crippen LogP contribution in [-0.2, 0) is 4.74 Å². The van der Waals surface area contributed by atoms with Crippen molar-refractivity contribution in [3.05, 3.63) is 23.3 Å². The molecule has 0 aliphatic carbocycles. The van der Waals surface area contributed by atoms with Gasteiger partial charge in [0.15, 0.2) is 0 Å². The molecule has 0 bridgehead atoms. The van der Waals surface area contributed by atoms with Gasteiger partial charge < -0.3 is 15.8 Å². The summed E-state index contributed by atoms with van der Waals surface area (Å²) in [6.07, 6.45) is 4.23. The topological polar surface area (TPSA) is 77.2 Å². The van der Waals surface area contributed by atoms with Crippen molar-refractivity contribution >= 4 is 33.0 Å². The van der Waals surface area contributed by atoms with Crippen LogP contribution in [0.15, 0.2) is 18.5 Å². The number of carbonyl (C=O) groups excluding carboxylic acids is 1. The number of fused-ring (bicyclic) bond motifs is 1. The van der Waals surface area contributed by atoms with E-state index in [4.69, 9.17) is 10.5 Å². The SMILES string of the molecule is CC1(NC(=O)c2sc3cnccc3c2N)CCOC1. The third-order valence-electron chi connectivity index (χ3n) is 3.37. The third kappa shape index (κ3) is 2.17. The summed E-state index contributed by atoms with van der Waals surface area (Å²) in [6, 6.07) is 1.83. The molecule has 100 valence electrons. The Kier molecular flexibility index (Phi) is 2.91. The molecular weight excluding hydrogens is 262 g/mol. The van der Waals surface area contributed by atoms with E-state index < -0.39 is 0 Å². The molecule has 3 heterocycles. The Hall–Kier alpha value is -1.66. The third-order valence-corrected chi connectivity index (χ3v) is 4.53. The molecule has 0 saturated carbocycles. The van der Waals surface area contributed by atoms with Gasteiger partial charge in [-0.25, -0.2) is 0 Å². The number of hydrogen-bond acceptors (Lipinski definition) is 5. The van der Waals surface area contributed by atoms with Crippen molar-refractivity contribution in [2.24, 2.45) is 0 Å². The van der Waals surface area contributed by atoms with Crippen LogP contribution < -0.4 is 11.1 Å². The average Bonchev–Trinajstić information content (AvgIpc) is 2.95. The summed E-state index contributed by atoms with van der Waals surface area (Å²) in [7, 11) is 0. The summed E-state index contributed by atoms with van der Waals surface area (Å²) in [5, 5.41) is 3.91. The van der Waals surface area contributed by atoms with Crippen LogP contribution in [-0.4, -0.2) is 29.6 Å². The first kappa shape index (κ1) is 12.4. The number of nitrogens with zero attached hydrogens (tertiary/aromatic N) is 1. The fraction of sp³-hybridized carbons (Fsp3) is 0.385. The quantitative estimate of drug-likeness (QED) is 0.877. The molecule has 1 aliphatic heterocycles. The molecule has 2 aromatic heterocycles. The van der Waals surface area contributed by atoms with Crippen molar-refractivity contribution in [1.82, 2.24) is 10.3 Å². The van der Waals surface area contributed by atoms with Gasteiger partial charge in [0.2, 0.25) is 0 Å². The molecule has 19 heavy (non-hydrogen) atoms. The minimum Gasteiger partial charge on any atom is -0.397 e. The maximum atomic E-state index is 12.3. The van der Waals surface area contributed by atoms with E-state index in [1.54, 1.807) is 12.4 Å². The highest BCUT2D eigenvalue weighted by molar-refractivity contribution is 7.21. The number of ether oxygens (including phenoxy) is 1. The van der Waals surface area contributed by atoms with Crippen LogP contribution in [0.2, 0.25) is 0 Å². The Balaban J connectivity index is 1.91. The second kappa shape index (κ2) is 4.47. The summed E-state index contributed by atoms with van der Waals surface area (Å²) < 4.78 is 6.26. The summed E-state index contributed by atoms with van der Waals surface area (Å²) in [5.74, 6) is -0.133. The highest BCUT2D eigenvalue weighted by Crippen LogP contribution is 2.33.